The molecule has 0 bridgehead atoms. The van der Waals surface area contributed by atoms with Crippen molar-refractivity contribution in [1.82, 2.24) is 0 Å². The predicted molar refractivity (Wildman–Crippen MR) is 167 cm³/mol. The zero-order valence-corrected chi connectivity index (χ0v) is 26.8. The molecule has 1 heterocycles. The highest BCUT2D eigenvalue weighted by Gasteiger charge is 2.72. The van der Waals surface area contributed by atoms with Gasteiger partial charge in [-0.05, 0) is 104 Å². The van der Waals surface area contributed by atoms with Gasteiger partial charge in [-0.2, -0.15) is 0 Å². The number of Topliss-reactive ketones (excluding diaryl/α,β-unsaturated/α-hetero) is 1. The molecule has 0 radical (unpaired) electrons. The Bertz CT molecular complexity index is 1420. The molecule has 6 rings (SSSR count). The summed E-state index contributed by atoms with van der Waals surface area (Å²) in [5, 5.41) is 13.6. The summed E-state index contributed by atoms with van der Waals surface area (Å²) in [7, 11) is 1.63. The molecular weight excluding hydrogens is 588 g/mol. The lowest BCUT2D eigenvalue weighted by Gasteiger charge is -2.51. The van der Waals surface area contributed by atoms with E-state index in [0.717, 1.165) is 44.1 Å². The van der Waals surface area contributed by atoms with Gasteiger partial charge in [-0.1, -0.05) is 55.2 Å². The second-order valence-electron chi connectivity index (χ2n) is 14.5. The van der Waals surface area contributed by atoms with Gasteiger partial charge in [0.25, 0.3) is 0 Å². The average Bonchev–Trinajstić information content (AvgIpc) is 3.44. The van der Waals surface area contributed by atoms with Crippen molar-refractivity contribution < 1.29 is 23.8 Å². The van der Waals surface area contributed by atoms with E-state index < -0.39 is 34.1 Å². The van der Waals surface area contributed by atoms with Gasteiger partial charge in [0, 0.05) is 36.1 Å². The highest BCUT2D eigenvalue weighted by Crippen LogP contribution is 2.72. The number of hydrogen-bond donors (Lipinski definition) is 2. The Morgan fingerprint density at radius 3 is 2.42 bits per heavy atom. The zero-order chi connectivity index (χ0) is 30.8. The summed E-state index contributed by atoms with van der Waals surface area (Å²) in [6.45, 7) is 4.48. The van der Waals surface area contributed by atoms with E-state index >= 15 is 4.39 Å². The average molecular weight is 631 g/mol. The van der Waals surface area contributed by atoms with Crippen molar-refractivity contribution in [1.29, 1.82) is 0 Å². The third kappa shape index (κ3) is 4.86. The van der Waals surface area contributed by atoms with E-state index in [9.17, 15) is 14.7 Å². The van der Waals surface area contributed by atoms with Crippen LogP contribution in [0.1, 0.15) is 95.1 Å². The van der Waals surface area contributed by atoms with Gasteiger partial charge in [0.05, 0.1) is 22.6 Å². The monoisotopic (exact) mass is 629 g/mol. The number of carbonyl (C=O) groups excluding carboxylic acids is 2. The molecule has 0 unspecified atom stereocenters. The number of methoxy groups -OCH3 is 1. The second kappa shape index (κ2) is 11.1. The van der Waals surface area contributed by atoms with Crippen LogP contribution in [0.4, 0.5) is 10.1 Å². The molecule has 2 aromatic rings. The van der Waals surface area contributed by atoms with Crippen LogP contribution in [-0.4, -0.2) is 36.1 Å². The van der Waals surface area contributed by atoms with E-state index in [1.54, 1.807) is 31.4 Å². The SMILES string of the molecule is COC1(CO)CCC(CC(=O)[C@@H]2CC3(CCC(C)(C)CC3)[C@@]3(C(=O)Nc4cc(Cl)ccc43)[C@H]2c2cccc(Cl)c2F)CC1. The molecule has 43 heavy (non-hydrogen) atoms. The number of ketones is 1. The topological polar surface area (TPSA) is 75.6 Å². The molecule has 5 nitrogen and oxygen atoms in total. The first-order valence-electron chi connectivity index (χ1n) is 15.7. The van der Waals surface area contributed by atoms with Crippen LogP contribution in [0.5, 0.6) is 0 Å². The Labute approximate surface area is 263 Å². The molecule has 3 saturated carbocycles. The lowest BCUT2D eigenvalue weighted by Crippen LogP contribution is -2.52. The van der Waals surface area contributed by atoms with Gasteiger partial charge in [-0.3, -0.25) is 9.59 Å². The molecule has 3 aliphatic carbocycles. The van der Waals surface area contributed by atoms with Crippen molar-refractivity contribution in [2.45, 2.75) is 95.0 Å². The Kier molecular flexibility index (Phi) is 8.02. The number of nitrogens with one attached hydrogen (secondary N) is 1. The van der Waals surface area contributed by atoms with Crippen LogP contribution in [0.25, 0.3) is 0 Å². The number of fused-ring (bicyclic) bond motifs is 3. The van der Waals surface area contributed by atoms with Crippen LogP contribution in [0, 0.1) is 28.5 Å². The van der Waals surface area contributed by atoms with E-state index in [4.69, 9.17) is 27.9 Å². The zero-order valence-electron chi connectivity index (χ0n) is 25.3. The molecule has 3 atom stereocenters. The predicted octanol–water partition coefficient (Wildman–Crippen LogP) is 8.24. The molecule has 2 aromatic carbocycles. The van der Waals surface area contributed by atoms with Crippen LogP contribution in [0.3, 0.4) is 0 Å². The standard InChI is InChI=1S/C35H42Cl2FNO4/c1-32(2)13-15-33(16-14-32)19-24(28(41)17-21-9-11-34(20-40,43-3)12-10-21)29(23-5-4-6-26(37)30(23)38)35(33)25-8-7-22(36)18-27(25)39-31(35)42/h4-8,18,21,24,29,40H,9-17,19-20H2,1-3H3,(H,39,42)/t21?,24-,29-,34?,35+/m0/s1. The number of ether oxygens (including phenoxy) is 1. The molecule has 0 aromatic heterocycles. The molecule has 2 spiro atoms. The number of carbonyl (C=O) groups is 2. The van der Waals surface area contributed by atoms with E-state index in [2.05, 4.69) is 19.2 Å². The molecule has 3 fully saturated rings. The van der Waals surface area contributed by atoms with Crippen LogP contribution >= 0.6 is 23.2 Å². The molecule has 1 aliphatic heterocycles. The van der Waals surface area contributed by atoms with Crippen molar-refractivity contribution in [2.75, 3.05) is 19.0 Å². The Balaban J connectivity index is 1.48. The molecule has 1 amide bonds. The number of aliphatic hydroxyl groups excluding tert-OH is 1. The molecule has 8 heteroatoms. The van der Waals surface area contributed by atoms with Gasteiger partial charge in [-0.15, -0.1) is 0 Å². The lowest BCUT2D eigenvalue weighted by atomic mass is 9.51. The first-order valence-corrected chi connectivity index (χ1v) is 16.4. The number of benzene rings is 2. The summed E-state index contributed by atoms with van der Waals surface area (Å²) < 4.78 is 21.8. The summed E-state index contributed by atoms with van der Waals surface area (Å²) in [4.78, 5) is 29.2. The Morgan fingerprint density at radius 1 is 1.07 bits per heavy atom. The summed E-state index contributed by atoms with van der Waals surface area (Å²) in [5.41, 5.74) is -0.292. The Hall–Kier alpha value is -1.99. The number of amides is 1. The van der Waals surface area contributed by atoms with Crippen molar-refractivity contribution in [2.24, 2.45) is 22.7 Å². The number of halogens is 3. The summed E-state index contributed by atoms with van der Waals surface area (Å²) >= 11 is 12.8. The first-order chi connectivity index (χ1) is 20.4. The third-order valence-corrected chi connectivity index (χ3v) is 12.4. The molecule has 232 valence electrons. The fourth-order valence-corrected chi connectivity index (χ4v) is 9.61. The van der Waals surface area contributed by atoms with Gasteiger partial charge in [0.15, 0.2) is 0 Å². The van der Waals surface area contributed by atoms with Crippen molar-refractivity contribution in [3.63, 3.8) is 0 Å². The van der Waals surface area contributed by atoms with Gasteiger partial charge in [-0.25, -0.2) is 4.39 Å². The maximum absolute atomic E-state index is 16.2. The van der Waals surface area contributed by atoms with E-state index in [1.165, 1.54) is 6.07 Å². The van der Waals surface area contributed by atoms with Crippen LogP contribution < -0.4 is 5.32 Å². The smallest absolute Gasteiger partial charge is 0.236 e. The lowest BCUT2D eigenvalue weighted by molar-refractivity contribution is -0.127. The second-order valence-corrected chi connectivity index (χ2v) is 15.3. The van der Waals surface area contributed by atoms with Gasteiger partial charge >= 0.3 is 0 Å². The molecule has 2 N–H and O–H groups in total. The fourth-order valence-electron chi connectivity index (χ4n) is 9.26. The van der Waals surface area contributed by atoms with Gasteiger partial charge in [0.1, 0.15) is 11.6 Å². The minimum absolute atomic E-state index is 0.00787. The van der Waals surface area contributed by atoms with Gasteiger partial charge in [0.2, 0.25) is 5.91 Å². The molecule has 0 saturated heterocycles. The number of rotatable bonds is 6. The number of aliphatic hydroxyl groups is 1. The van der Waals surface area contributed by atoms with Crippen molar-refractivity contribution >= 4 is 40.6 Å². The highest BCUT2D eigenvalue weighted by atomic mass is 35.5. The minimum atomic E-state index is -1.13. The van der Waals surface area contributed by atoms with Crippen LogP contribution in [0.15, 0.2) is 36.4 Å². The maximum atomic E-state index is 16.2. The summed E-state index contributed by atoms with van der Waals surface area (Å²) in [5.74, 6) is -1.75. The van der Waals surface area contributed by atoms with Crippen LogP contribution in [0.2, 0.25) is 10.0 Å². The van der Waals surface area contributed by atoms with Crippen molar-refractivity contribution in [3.05, 3.63) is 63.4 Å². The van der Waals surface area contributed by atoms with Gasteiger partial charge < -0.3 is 15.2 Å². The largest absolute Gasteiger partial charge is 0.393 e. The van der Waals surface area contributed by atoms with E-state index in [0.29, 0.717) is 42.0 Å². The quantitative estimate of drug-likeness (QED) is 0.337. The fraction of sp³-hybridized carbons (Fsp3) is 0.600. The van der Waals surface area contributed by atoms with E-state index in [1.807, 2.05) is 6.07 Å². The molecular formula is C35H42Cl2FNO4. The number of hydrogen-bond acceptors (Lipinski definition) is 4. The van der Waals surface area contributed by atoms with E-state index in [-0.39, 0.29) is 34.7 Å². The Morgan fingerprint density at radius 2 is 1.77 bits per heavy atom. The normalized spacial score (nSPS) is 32.6. The number of anilines is 1. The van der Waals surface area contributed by atoms with Crippen molar-refractivity contribution in [3.8, 4) is 0 Å². The third-order valence-electron chi connectivity index (χ3n) is 11.8. The summed E-state index contributed by atoms with van der Waals surface area (Å²) in [6.07, 6.45) is 7.19. The highest BCUT2D eigenvalue weighted by molar-refractivity contribution is 6.31. The first kappa shape index (κ1) is 31.0. The summed E-state index contributed by atoms with van der Waals surface area (Å²) in [6, 6.07) is 10.5. The molecule has 4 aliphatic rings. The van der Waals surface area contributed by atoms with Crippen LogP contribution in [-0.2, 0) is 19.7 Å². The minimum Gasteiger partial charge on any atom is -0.393 e. The maximum Gasteiger partial charge on any atom is 0.236 e.